The molecule has 0 aromatic rings. The highest BCUT2D eigenvalue weighted by Crippen LogP contribution is 2.27. The molecule has 18 heavy (non-hydrogen) atoms. The fourth-order valence-electron chi connectivity index (χ4n) is 2.10. The van der Waals surface area contributed by atoms with Crippen LogP contribution < -0.4 is 10.6 Å². The van der Waals surface area contributed by atoms with Gasteiger partial charge in [0.05, 0.1) is 6.54 Å². The smallest absolute Gasteiger partial charge is 0.337 e. The maximum Gasteiger partial charge on any atom is 0.337 e. The average molecular weight is 258 g/mol. The van der Waals surface area contributed by atoms with Gasteiger partial charge in [0.15, 0.2) is 5.60 Å². The SMILES string of the molecule is CC1(NC(=O)NCC(C)(O)C(=O)O)CCCCC1. The third kappa shape index (κ3) is 4.18. The summed E-state index contributed by atoms with van der Waals surface area (Å²) in [6, 6.07) is -0.430. The molecule has 6 heteroatoms. The Morgan fingerprint density at radius 3 is 2.33 bits per heavy atom. The van der Waals surface area contributed by atoms with E-state index in [4.69, 9.17) is 5.11 Å². The zero-order chi connectivity index (χ0) is 13.8. The normalized spacial score (nSPS) is 21.7. The van der Waals surface area contributed by atoms with E-state index in [1.165, 1.54) is 6.42 Å². The van der Waals surface area contributed by atoms with Gasteiger partial charge in [-0.15, -0.1) is 0 Å². The van der Waals surface area contributed by atoms with E-state index in [9.17, 15) is 14.7 Å². The summed E-state index contributed by atoms with van der Waals surface area (Å²) in [4.78, 5) is 22.3. The molecule has 0 bridgehead atoms. The van der Waals surface area contributed by atoms with E-state index in [-0.39, 0.29) is 12.1 Å². The van der Waals surface area contributed by atoms with Crippen LogP contribution in [0, 0.1) is 0 Å². The molecule has 0 aliphatic heterocycles. The van der Waals surface area contributed by atoms with Crippen molar-refractivity contribution >= 4 is 12.0 Å². The van der Waals surface area contributed by atoms with Gasteiger partial charge < -0.3 is 20.8 Å². The molecule has 6 nitrogen and oxygen atoms in total. The van der Waals surface area contributed by atoms with E-state index < -0.39 is 17.6 Å². The lowest BCUT2D eigenvalue weighted by Crippen LogP contribution is -2.54. The van der Waals surface area contributed by atoms with Gasteiger partial charge >= 0.3 is 12.0 Å². The highest BCUT2D eigenvalue weighted by Gasteiger charge is 2.32. The Labute approximate surface area is 107 Å². The van der Waals surface area contributed by atoms with Gasteiger partial charge in [-0.25, -0.2) is 9.59 Å². The van der Waals surface area contributed by atoms with Crippen LogP contribution in [0.15, 0.2) is 0 Å². The molecular formula is C12H22N2O4. The zero-order valence-electron chi connectivity index (χ0n) is 11.0. The first-order valence-electron chi connectivity index (χ1n) is 6.27. The van der Waals surface area contributed by atoms with E-state index in [0.717, 1.165) is 32.6 Å². The Morgan fingerprint density at radius 2 is 1.83 bits per heavy atom. The van der Waals surface area contributed by atoms with Gasteiger partial charge in [0.2, 0.25) is 0 Å². The van der Waals surface area contributed by atoms with Gasteiger partial charge in [-0.1, -0.05) is 19.3 Å². The maximum atomic E-state index is 11.7. The number of aliphatic hydroxyl groups is 1. The van der Waals surface area contributed by atoms with Crippen LogP contribution in [0.25, 0.3) is 0 Å². The summed E-state index contributed by atoms with van der Waals surface area (Å²) in [5.41, 5.74) is -2.16. The van der Waals surface area contributed by atoms with Gasteiger partial charge in [-0.3, -0.25) is 0 Å². The van der Waals surface area contributed by atoms with Crippen LogP contribution in [-0.2, 0) is 4.79 Å². The van der Waals surface area contributed by atoms with E-state index in [1.54, 1.807) is 0 Å². The monoisotopic (exact) mass is 258 g/mol. The number of carbonyl (C=O) groups excluding carboxylic acids is 1. The summed E-state index contributed by atoms with van der Waals surface area (Å²) in [7, 11) is 0. The molecule has 104 valence electrons. The second kappa shape index (κ2) is 5.56. The highest BCUT2D eigenvalue weighted by atomic mass is 16.4. The van der Waals surface area contributed by atoms with Crippen molar-refractivity contribution in [3.8, 4) is 0 Å². The minimum absolute atomic E-state index is 0.225. The summed E-state index contributed by atoms with van der Waals surface area (Å²) < 4.78 is 0. The van der Waals surface area contributed by atoms with Crippen molar-refractivity contribution in [1.29, 1.82) is 0 Å². The van der Waals surface area contributed by atoms with Crippen molar-refractivity contribution in [3.63, 3.8) is 0 Å². The van der Waals surface area contributed by atoms with E-state index in [1.807, 2.05) is 6.92 Å². The number of aliphatic carboxylic acids is 1. The number of rotatable bonds is 4. The summed E-state index contributed by atoms with van der Waals surface area (Å²) in [5.74, 6) is -1.35. The number of carbonyl (C=O) groups is 2. The highest BCUT2D eigenvalue weighted by molar-refractivity contribution is 5.79. The third-order valence-corrected chi connectivity index (χ3v) is 3.43. The largest absolute Gasteiger partial charge is 0.479 e. The predicted octanol–water partition coefficient (Wildman–Crippen LogP) is 0.844. The maximum absolute atomic E-state index is 11.7. The lowest BCUT2D eigenvalue weighted by Gasteiger charge is -2.34. The molecule has 0 aromatic heterocycles. The number of carboxylic acids is 1. The molecule has 0 radical (unpaired) electrons. The number of nitrogens with one attached hydrogen (secondary N) is 2. The van der Waals surface area contributed by atoms with E-state index in [2.05, 4.69) is 10.6 Å². The molecule has 1 rings (SSSR count). The molecule has 1 unspecified atom stereocenters. The Kier molecular flexibility index (Phi) is 4.56. The molecule has 1 saturated carbocycles. The molecule has 1 fully saturated rings. The lowest BCUT2D eigenvalue weighted by molar-refractivity contribution is -0.155. The first-order chi connectivity index (χ1) is 8.25. The fourth-order valence-corrected chi connectivity index (χ4v) is 2.10. The van der Waals surface area contributed by atoms with Crippen molar-refractivity contribution in [2.75, 3.05) is 6.54 Å². The van der Waals surface area contributed by atoms with Crippen molar-refractivity contribution in [3.05, 3.63) is 0 Å². The summed E-state index contributed by atoms with van der Waals surface area (Å²) >= 11 is 0. The second-order valence-corrected chi connectivity index (χ2v) is 5.51. The molecule has 0 aromatic carbocycles. The minimum Gasteiger partial charge on any atom is -0.479 e. The summed E-state index contributed by atoms with van der Waals surface area (Å²) in [6.07, 6.45) is 5.21. The second-order valence-electron chi connectivity index (χ2n) is 5.51. The zero-order valence-corrected chi connectivity index (χ0v) is 11.0. The topological polar surface area (TPSA) is 98.7 Å². The fraction of sp³-hybridized carbons (Fsp3) is 0.833. The molecule has 1 atom stereocenters. The number of carboxylic acid groups (broad SMARTS) is 1. The number of urea groups is 1. The number of amides is 2. The van der Waals surface area contributed by atoms with Crippen LogP contribution in [0.3, 0.4) is 0 Å². The molecule has 1 aliphatic carbocycles. The first-order valence-corrected chi connectivity index (χ1v) is 6.27. The Hall–Kier alpha value is -1.30. The minimum atomic E-state index is -1.94. The molecule has 1 aliphatic rings. The van der Waals surface area contributed by atoms with Gasteiger partial charge in [0, 0.05) is 5.54 Å². The van der Waals surface area contributed by atoms with Crippen molar-refractivity contribution < 1.29 is 19.8 Å². The quantitative estimate of drug-likeness (QED) is 0.600. The van der Waals surface area contributed by atoms with Crippen molar-refractivity contribution in [2.24, 2.45) is 0 Å². The summed E-state index contributed by atoms with van der Waals surface area (Å²) in [6.45, 7) is 2.82. The van der Waals surface area contributed by atoms with E-state index >= 15 is 0 Å². The molecule has 0 saturated heterocycles. The standard InChI is InChI=1S/C12H22N2O4/c1-11(6-4-3-5-7-11)14-10(17)13-8-12(2,18)9(15)16/h18H,3-8H2,1-2H3,(H,15,16)(H2,13,14,17). The molecular weight excluding hydrogens is 236 g/mol. The average Bonchev–Trinajstić information content (AvgIpc) is 2.26. The van der Waals surface area contributed by atoms with Crippen molar-refractivity contribution in [2.45, 2.75) is 57.1 Å². The lowest BCUT2D eigenvalue weighted by atomic mass is 9.83. The van der Waals surface area contributed by atoms with Crippen LogP contribution in [0.2, 0.25) is 0 Å². The van der Waals surface area contributed by atoms with Gasteiger partial charge in [0.25, 0.3) is 0 Å². The van der Waals surface area contributed by atoms with Gasteiger partial charge in [0.1, 0.15) is 0 Å². The Bertz CT molecular complexity index is 322. The van der Waals surface area contributed by atoms with Crippen LogP contribution >= 0.6 is 0 Å². The molecule has 0 heterocycles. The number of hydrogen-bond acceptors (Lipinski definition) is 3. The summed E-state index contributed by atoms with van der Waals surface area (Å²) in [5, 5.41) is 23.4. The van der Waals surface area contributed by atoms with Gasteiger partial charge in [-0.05, 0) is 26.7 Å². The van der Waals surface area contributed by atoms with Crippen LogP contribution in [-0.4, -0.2) is 39.9 Å². The number of hydrogen-bond donors (Lipinski definition) is 4. The van der Waals surface area contributed by atoms with Crippen molar-refractivity contribution in [1.82, 2.24) is 10.6 Å². The molecule has 4 N–H and O–H groups in total. The Balaban J connectivity index is 2.40. The van der Waals surface area contributed by atoms with Crippen LogP contribution in [0.1, 0.15) is 46.0 Å². The first kappa shape index (κ1) is 14.8. The third-order valence-electron chi connectivity index (χ3n) is 3.43. The predicted molar refractivity (Wildman–Crippen MR) is 66.3 cm³/mol. The molecule has 0 spiro atoms. The van der Waals surface area contributed by atoms with Crippen LogP contribution in [0.5, 0.6) is 0 Å². The molecule has 2 amide bonds. The van der Waals surface area contributed by atoms with Gasteiger partial charge in [-0.2, -0.15) is 0 Å². The van der Waals surface area contributed by atoms with E-state index in [0.29, 0.717) is 0 Å². The van der Waals surface area contributed by atoms with Crippen LogP contribution in [0.4, 0.5) is 4.79 Å². The Morgan fingerprint density at radius 1 is 1.28 bits per heavy atom.